The lowest BCUT2D eigenvalue weighted by molar-refractivity contribution is 0.318. The van der Waals surface area contributed by atoms with E-state index in [-0.39, 0.29) is 5.41 Å². The molecule has 1 atom stereocenters. The molecule has 46 heavy (non-hydrogen) atoms. The van der Waals surface area contributed by atoms with Gasteiger partial charge in [0.2, 0.25) is 0 Å². The molecule has 0 fully saturated rings. The third-order valence-electron chi connectivity index (χ3n) is 10.3. The molecule has 9 rings (SSSR count). The fraction of sp³-hybridized carbons (Fsp3) is 0.302. The highest BCUT2D eigenvalue weighted by molar-refractivity contribution is 6.06. The monoisotopic (exact) mass is 605 g/mol. The Balaban J connectivity index is 0.000000199. The van der Waals surface area contributed by atoms with Gasteiger partial charge >= 0.3 is 0 Å². The molecule has 6 aromatic rings. The number of H-pyrrole nitrogens is 1. The van der Waals surface area contributed by atoms with Crippen LogP contribution in [0.25, 0.3) is 62.3 Å². The molecule has 3 aromatic carbocycles. The number of hydrogen-bond donors (Lipinski definition) is 1. The Morgan fingerprint density at radius 1 is 0.674 bits per heavy atom. The number of allylic oxidation sites excluding steroid dienone is 3. The van der Waals surface area contributed by atoms with Crippen LogP contribution in [0.3, 0.4) is 0 Å². The van der Waals surface area contributed by atoms with Crippen LogP contribution in [-0.2, 0) is 12.8 Å². The van der Waals surface area contributed by atoms with Crippen LogP contribution in [0, 0.1) is 5.41 Å². The molecule has 232 valence electrons. The summed E-state index contributed by atoms with van der Waals surface area (Å²) in [5, 5.41) is 3.61. The molecular formula is C43H43NO2. The van der Waals surface area contributed by atoms with Crippen molar-refractivity contribution in [3.05, 3.63) is 112 Å². The van der Waals surface area contributed by atoms with Crippen LogP contribution in [-0.4, -0.2) is 4.98 Å². The van der Waals surface area contributed by atoms with E-state index in [4.69, 9.17) is 8.83 Å². The van der Waals surface area contributed by atoms with Crippen molar-refractivity contribution >= 4 is 51.1 Å². The first-order valence-electron chi connectivity index (χ1n) is 17.0. The molecule has 0 spiro atoms. The first-order chi connectivity index (χ1) is 22.2. The fourth-order valence-corrected chi connectivity index (χ4v) is 7.68. The van der Waals surface area contributed by atoms with Gasteiger partial charge in [0.15, 0.2) is 0 Å². The Morgan fingerprint density at radius 2 is 1.26 bits per heavy atom. The minimum absolute atomic E-state index is 0.176. The van der Waals surface area contributed by atoms with E-state index in [9.17, 15) is 0 Å². The Hall–Kier alpha value is -4.50. The molecule has 1 unspecified atom stereocenters. The summed E-state index contributed by atoms with van der Waals surface area (Å²) < 4.78 is 12.4. The summed E-state index contributed by atoms with van der Waals surface area (Å²) >= 11 is 0. The predicted octanol–water partition coefficient (Wildman–Crippen LogP) is 12.6. The molecular weight excluding hydrogens is 562 g/mol. The molecule has 0 amide bonds. The van der Waals surface area contributed by atoms with Gasteiger partial charge in [0.1, 0.15) is 22.5 Å². The molecule has 3 aromatic heterocycles. The van der Waals surface area contributed by atoms with E-state index in [1.807, 2.05) is 0 Å². The third-order valence-corrected chi connectivity index (χ3v) is 10.3. The summed E-state index contributed by atoms with van der Waals surface area (Å²) in [4.78, 5) is 3.48. The molecule has 0 saturated heterocycles. The Kier molecular flexibility index (Phi) is 6.97. The number of fused-ring (bicyclic) bond motifs is 9. The molecule has 3 aliphatic rings. The van der Waals surface area contributed by atoms with Gasteiger partial charge in [0.05, 0.1) is 0 Å². The van der Waals surface area contributed by atoms with Crippen molar-refractivity contribution in [2.24, 2.45) is 5.41 Å². The van der Waals surface area contributed by atoms with Gasteiger partial charge in [-0.15, -0.1) is 0 Å². The van der Waals surface area contributed by atoms with Crippen molar-refractivity contribution in [1.29, 1.82) is 0 Å². The van der Waals surface area contributed by atoms with E-state index in [1.54, 1.807) is 11.1 Å². The standard InChI is InChI=1S/C31H30O2.C12H13N/c1-18(2)19-9-12-26-22(15-19)23-16-20(10-13-27(23)32-26)21-11-14-28-24(17-21)30-25(31(3,4)5)7-6-8-29(30)33-28;1-3-7-11-9(5-1)10-6-2-4-8-12(10)13-11/h6,8-18,25H,7H2,1-5H3;3-4,7-8,13H,1-2,5-6H2. The lowest BCUT2D eigenvalue weighted by atomic mass is 9.72. The van der Waals surface area contributed by atoms with Crippen molar-refractivity contribution in [2.75, 3.05) is 0 Å². The van der Waals surface area contributed by atoms with Gasteiger partial charge in [0.25, 0.3) is 0 Å². The van der Waals surface area contributed by atoms with Crippen LogP contribution in [0.4, 0.5) is 0 Å². The molecule has 3 heteroatoms. The first kappa shape index (κ1) is 28.9. The predicted molar refractivity (Wildman–Crippen MR) is 194 cm³/mol. The highest BCUT2D eigenvalue weighted by Crippen LogP contribution is 2.47. The van der Waals surface area contributed by atoms with Gasteiger partial charge in [-0.25, -0.2) is 0 Å². The Labute approximate surface area is 271 Å². The second-order valence-corrected chi connectivity index (χ2v) is 14.7. The normalized spacial score (nSPS) is 17.0. The molecule has 3 heterocycles. The lowest BCUT2D eigenvalue weighted by Crippen LogP contribution is -2.19. The van der Waals surface area contributed by atoms with Crippen molar-refractivity contribution in [1.82, 2.24) is 4.98 Å². The van der Waals surface area contributed by atoms with Crippen molar-refractivity contribution in [3.63, 3.8) is 0 Å². The van der Waals surface area contributed by atoms with E-state index in [0.29, 0.717) is 11.8 Å². The summed E-state index contributed by atoms with van der Waals surface area (Å²) in [6, 6.07) is 19.7. The lowest BCUT2D eigenvalue weighted by Gasteiger charge is -2.31. The van der Waals surface area contributed by atoms with E-state index in [2.05, 4.69) is 131 Å². The maximum Gasteiger partial charge on any atom is 0.135 e. The molecule has 1 N–H and O–H groups in total. The van der Waals surface area contributed by atoms with Gasteiger partial charge in [-0.1, -0.05) is 71.0 Å². The van der Waals surface area contributed by atoms with Gasteiger partial charge in [0, 0.05) is 33.1 Å². The molecule has 3 nitrogen and oxygen atoms in total. The zero-order valence-electron chi connectivity index (χ0n) is 27.7. The number of aromatic nitrogens is 1. The summed E-state index contributed by atoms with van der Waals surface area (Å²) in [5.74, 6) is 1.96. The molecule has 0 bridgehead atoms. The molecule has 0 aliphatic heterocycles. The van der Waals surface area contributed by atoms with Gasteiger partial charge in [-0.2, -0.15) is 0 Å². The van der Waals surface area contributed by atoms with Crippen molar-refractivity contribution < 1.29 is 8.83 Å². The van der Waals surface area contributed by atoms with E-state index in [0.717, 1.165) is 28.9 Å². The first-order valence-corrected chi connectivity index (χ1v) is 17.0. The van der Waals surface area contributed by atoms with E-state index >= 15 is 0 Å². The summed E-state index contributed by atoms with van der Waals surface area (Å²) in [5.41, 5.74) is 14.0. The SMILES string of the molecule is C1=Cc2[nH]c3c(c2CC1)CCC=C3.CC(C)c1ccc2oc3ccc(-c4ccc5oc6c(c5c4)C(C(C)(C)C)CC=C6)cc3c2c1. The molecule has 3 aliphatic carbocycles. The molecule has 0 saturated carbocycles. The summed E-state index contributed by atoms with van der Waals surface area (Å²) in [6.45, 7) is 11.4. The second kappa shape index (κ2) is 11.1. The van der Waals surface area contributed by atoms with Gasteiger partial charge in [-0.05, 0) is 132 Å². The van der Waals surface area contributed by atoms with E-state index < -0.39 is 0 Å². The highest BCUT2D eigenvalue weighted by Gasteiger charge is 2.32. The van der Waals surface area contributed by atoms with Crippen molar-refractivity contribution in [2.45, 2.75) is 78.6 Å². The maximum absolute atomic E-state index is 6.26. The maximum atomic E-state index is 6.26. The van der Waals surface area contributed by atoms with Crippen LogP contribution in [0.15, 0.2) is 81.7 Å². The zero-order valence-corrected chi connectivity index (χ0v) is 27.7. The van der Waals surface area contributed by atoms with Gasteiger partial charge in [-0.3, -0.25) is 0 Å². The number of nitrogens with one attached hydrogen (secondary N) is 1. The number of furan rings is 2. The minimum atomic E-state index is 0.176. The topological polar surface area (TPSA) is 42.1 Å². The highest BCUT2D eigenvalue weighted by atomic mass is 16.3. The smallest absolute Gasteiger partial charge is 0.135 e. The quantitative estimate of drug-likeness (QED) is 0.213. The largest absolute Gasteiger partial charge is 0.456 e. The fourth-order valence-electron chi connectivity index (χ4n) is 7.68. The second-order valence-electron chi connectivity index (χ2n) is 14.7. The van der Waals surface area contributed by atoms with E-state index in [1.165, 1.54) is 75.5 Å². The average molecular weight is 606 g/mol. The van der Waals surface area contributed by atoms with Crippen LogP contribution in [0.1, 0.15) is 105 Å². The van der Waals surface area contributed by atoms with Crippen molar-refractivity contribution in [3.8, 4) is 11.1 Å². The number of hydrogen-bond acceptors (Lipinski definition) is 2. The number of aromatic amines is 1. The number of rotatable bonds is 2. The van der Waals surface area contributed by atoms with Crippen LogP contribution in [0.5, 0.6) is 0 Å². The number of benzene rings is 3. The van der Waals surface area contributed by atoms with Crippen LogP contribution >= 0.6 is 0 Å². The zero-order chi connectivity index (χ0) is 31.6. The average Bonchev–Trinajstić information content (AvgIpc) is 3.74. The molecule has 0 radical (unpaired) electrons. The van der Waals surface area contributed by atoms with Gasteiger partial charge < -0.3 is 13.8 Å². The summed E-state index contributed by atoms with van der Waals surface area (Å²) in [7, 11) is 0. The van der Waals surface area contributed by atoms with Crippen LogP contribution in [0.2, 0.25) is 0 Å². The summed E-state index contributed by atoms with van der Waals surface area (Å²) in [6.07, 6.45) is 19.3. The van der Waals surface area contributed by atoms with Crippen LogP contribution < -0.4 is 0 Å². The minimum Gasteiger partial charge on any atom is -0.456 e. The third kappa shape index (κ3) is 4.97. The Morgan fingerprint density at radius 3 is 1.89 bits per heavy atom. The Bertz CT molecular complexity index is 2160.